The van der Waals surface area contributed by atoms with E-state index in [1.807, 2.05) is 6.92 Å². The van der Waals surface area contributed by atoms with Gasteiger partial charge in [0.2, 0.25) is 0 Å². The number of fused-ring (bicyclic) bond motifs is 2. The number of rotatable bonds is 3. The molecule has 5 fully saturated rings. The number of hydrogen-bond donors (Lipinski definition) is 2. The van der Waals surface area contributed by atoms with Crippen LogP contribution in [0.25, 0.3) is 0 Å². The van der Waals surface area contributed by atoms with Crippen LogP contribution in [-0.4, -0.2) is 63.7 Å². The summed E-state index contributed by atoms with van der Waals surface area (Å²) in [6, 6.07) is 0. The van der Waals surface area contributed by atoms with Crippen molar-refractivity contribution in [3.05, 3.63) is 0 Å². The Kier molecular flexibility index (Phi) is 5.08. The number of aliphatic hydroxyl groups excluding tert-OH is 1. The van der Waals surface area contributed by atoms with Gasteiger partial charge in [-0.3, -0.25) is 4.79 Å². The fourth-order valence-electron chi connectivity index (χ4n) is 6.20. The van der Waals surface area contributed by atoms with Crippen LogP contribution in [0.4, 0.5) is 0 Å². The molecule has 2 N–H and O–H groups in total. The van der Waals surface area contributed by atoms with Gasteiger partial charge in [0.05, 0.1) is 0 Å². The smallest absolute Gasteiger partial charge is 0.180 e. The Balaban J connectivity index is 1.51. The molecule has 7 heteroatoms. The van der Waals surface area contributed by atoms with E-state index in [0.717, 1.165) is 38.5 Å². The summed E-state index contributed by atoms with van der Waals surface area (Å²) in [4.78, 5) is 13.3. The molecule has 2 aliphatic heterocycles. The van der Waals surface area contributed by atoms with E-state index in [0.29, 0.717) is 32.1 Å². The Morgan fingerprint density at radius 1 is 0.828 bits per heavy atom. The fourth-order valence-corrected chi connectivity index (χ4v) is 6.20. The van der Waals surface area contributed by atoms with Crippen molar-refractivity contribution in [3.8, 4) is 0 Å². The van der Waals surface area contributed by atoms with E-state index in [1.165, 1.54) is 0 Å². The van der Waals surface area contributed by atoms with Crippen molar-refractivity contribution in [2.45, 2.75) is 132 Å². The van der Waals surface area contributed by atoms with Crippen LogP contribution in [-0.2, 0) is 23.7 Å². The summed E-state index contributed by atoms with van der Waals surface area (Å²) in [6.07, 6.45) is 5.39. The van der Waals surface area contributed by atoms with Crippen molar-refractivity contribution < 1.29 is 34.0 Å². The Labute approximate surface area is 172 Å². The van der Waals surface area contributed by atoms with E-state index in [9.17, 15) is 15.0 Å². The molecule has 29 heavy (non-hydrogen) atoms. The first-order chi connectivity index (χ1) is 13.9. The zero-order chi connectivity index (χ0) is 20.3. The van der Waals surface area contributed by atoms with Crippen LogP contribution in [0, 0.1) is 0 Å². The fraction of sp³-hybridized carbons (Fsp3) is 0.955. The van der Waals surface area contributed by atoms with Crippen molar-refractivity contribution >= 4 is 5.78 Å². The molecule has 0 bridgehead atoms. The van der Waals surface area contributed by atoms with Crippen molar-refractivity contribution in [3.63, 3.8) is 0 Å². The van der Waals surface area contributed by atoms with E-state index in [2.05, 4.69) is 0 Å². The van der Waals surface area contributed by atoms with Crippen LogP contribution < -0.4 is 0 Å². The zero-order valence-electron chi connectivity index (χ0n) is 17.3. The van der Waals surface area contributed by atoms with Crippen molar-refractivity contribution in [2.24, 2.45) is 0 Å². The summed E-state index contributed by atoms with van der Waals surface area (Å²) in [5, 5.41) is 23.1. The topological polar surface area (TPSA) is 94.5 Å². The quantitative estimate of drug-likeness (QED) is 0.737. The molecule has 3 aliphatic carbocycles. The first kappa shape index (κ1) is 20.3. The molecule has 0 aromatic rings. The van der Waals surface area contributed by atoms with Crippen molar-refractivity contribution in [1.82, 2.24) is 0 Å². The van der Waals surface area contributed by atoms with Crippen LogP contribution in [0.15, 0.2) is 0 Å². The van der Waals surface area contributed by atoms with E-state index in [4.69, 9.17) is 18.9 Å². The lowest BCUT2D eigenvalue weighted by Gasteiger charge is -2.46. The third-order valence-electron chi connectivity index (χ3n) is 7.68. The SMILES string of the molecule is CCCC(=O)[C@]1(O)[C@@H]2OC3(CCCCC3)O[C@H]2[C@H](O)[C@@H]2OC3(CCCCC3)O[C@@H]21. The highest BCUT2D eigenvalue weighted by Gasteiger charge is 2.73. The summed E-state index contributed by atoms with van der Waals surface area (Å²) in [5.41, 5.74) is -1.87. The molecular formula is C22H34O7. The highest BCUT2D eigenvalue weighted by atomic mass is 16.8. The summed E-state index contributed by atoms with van der Waals surface area (Å²) < 4.78 is 25.3. The van der Waals surface area contributed by atoms with Gasteiger partial charge >= 0.3 is 0 Å². The molecule has 3 saturated carbocycles. The maximum absolute atomic E-state index is 13.3. The van der Waals surface area contributed by atoms with Crippen LogP contribution in [0.1, 0.15) is 84.0 Å². The average Bonchev–Trinajstić information content (AvgIpc) is 3.28. The predicted octanol–water partition coefficient (Wildman–Crippen LogP) is 2.35. The van der Waals surface area contributed by atoms with Gasteiger partial charge in [0.1, 0.15) is 30.5 Å². The Morgan fingerprint density at radius 2 is 1.28 bits per heavy atom. The zero-order valence-corrected chi connectivity index (χ0v) is 17.3. The summed E-state index contributed by atoms with van der Waals surface area (Å²) >= 11 is 0. The summed E-state index contributed by atoms with van der Waals surface area (Å²) in [6.45, 7) is 1.91. The molecule has 2 spiro atoms. The number of aliphatic hydroxyl groups is 2. The third kappa shape index (κ3) is 3.04. The van der Waals surface area contributed by atoms with Crippen LogP contribution in [0.2, 0.25) is 0 Å². The highest BCUT2D eigenvalue weighted by Crippen LogP contribution is 2.54. The first-order valence-electron chi connectivity index (χ1n) is 11.6. The van der Waals surface area contributed by atoms with E-state index < -0.39 is 47.7 Å². The maximum atomic E-state index is 13.3. The van der Waals surface area contributed by atoms with Gasteiger partial charge in [-0.05, 0) is 32.1 Å². The second-order valence-electron chi connectivity index (χ2n) is 9.67. The molecule has 7 nitrogen and oxygen atoms in total. The lowest BCUT2D eigenvalue weighted by Crippen LogP contribution is -2.72. The Hall–Kier alpha value is -0.570. The minimum Gasteiger partial charge on any atom is -0.387 e. The number of hydrogen-bond acceptors (Lipinski definition) is 7. The molecule has 2 saturated heterocycles. The first-order valence-corrected chi connectivity index (χ1v) is 11.6. The second kappa shape index (κ2) is 7.24. The molecule has 0 amide bonds. The minimum atomic E-state index is -1.87. The predicted molar refractivity (Wildman–Crippen MR) is 102 cm³/mol. The molecule has 5 rings (SSSR count). The number of carbonyl (C=O) groups is 1. The molecule has 5 aliphatic rings. The summed E-state index contributed by atoms with van der Waals surface area (Å²) in [7, 11) is 0. The van der Waals surface area contributed by atoms with Crippen LogP contribution in [0.5, 0.6) is 0 Å². The molecule has 0 radical (unpaired) electrons. The van der Waals surface area contributed by atoms with E-state index in [-0.39, 0.29) is 12.2 Å². The van der Waals surface area contributed by atoms with Gasteiger partial charge in [0.15, 0.2) is 23.0 Å². The summed E-state index contributed by atoms with van der Waals surface area (Å²) in [5.74, 6) is -1.95. The largest absolute Gasteiger partial charge is 0.387 e. The highest BCUT2D eigenvalue weighted by molar-refractivity contribution is 5.89. The van der Waals surface area contributed by atoms with Gasteiger partial charge in [0, 0.05) is 32.1 Å². The van der Waals surface area contributed by atoms with Gasteiger partial charge in [-0.25, -0.2) is 0 Å². The van der Waals surface area contributed by atoms with Gasteiger partial charge in [0.25, 0.3) is 0 Å². The molecule has 0 aromatic heterocycles. The Bertz CT molecular complexity index is 595. The second-order valence-corrected chi connectivity index (χ2v) is 9.67. The van der Waals surface area contributed by atoms with Crippen molar-refractivity contribution in [1.29, 1.82) is 0 Å². The van der Waals surface area contributed by atoms with Gasteiger partial charge in [-0.1, -0.05) is 19.8 Å². The van der Waals surface area contributed by atoms with Gasteiger partial charge in [-0.2, -0.15) is 0 Å². The molecule has 0 unspecified atom stereocenters. The van der Waals surface area contributed by atoms with Crippen LogP contribution >= 0.6 is 0 Å². The maximum Gasteiger partial charge on any atom is 0.180 e. The normalized spacial score (nSPS) is 45.3. The number of carbonyl (C=O) groups excluding carboxylic acids is 1. The molecule has 164 valence electrons. The molecular weight excluding hydrogens is 376 g/mol. The van der Waals surface area contributed by atoms with E-state index >= 15 is 0 Å². The third-order valence-corrected chi connectivity index (χ3v) is 7.68. The lowest BCUT2D eigenvalue weighted by molar-refractivity contribution is -0.237. The monoisotopic (exact) mass is 410 g/mol. The molecule has 2 heterocycles. The van der Waals surface area contributed by atoms with Gasteiger partial charge in [-0.15, -0.1) is 0 Å². The molecule has 6 atom stereocenters. The number of ketones is 1. The standard InChI is InChI=1S/C22H34O7/c1-2-9-14(23)22(25)18-16(26-20(28-18)10-5-3-6-11-20)15(24)17-19(22)29-21(27-17)12-7-4-8-13-21/h15-19,24-25H,2-13H2,1H3/t15-,16-,17-,18+,19-,22-/m0/s1. The Morgan fingerprint density at radius 3 is 1.69 bits per heavy atom. The van der Waals surface area contributed by atoms with Crippen molar-refractivity contribution in [2.75, 3.05) is 0 Å². The average molecular weight is 411 g/mol. The van der Waals surface area contributed by atoms with Crippen LogP contribution in [0.3, 0.4) is 0 Å². The van der Waals surface area contributed by atoms with E-state index in [1.54, 1.807) is 0 Å². The number of Topliss-reactive ketones (excluding diaryl/α,β-unsaturated/α-hetero) is 1. The number of ether oxygens (including phenoxy) is 4. The molecule has 0 aromatic carbocycles. The lowest BCUT2D eigenvalue weighted by atomic mass is 9.72. The minimum absolute atomic E-state index is 0.228. The van der Waals surface area contributed by atoms with Gasteiger partial charge < -0.3 is 29.2 Å².